The molecule has 1 aliphatic heterocycles. The van der Waals surface area contributed by atoms with E-state index in [2.05, 4.69) is 0 Å². The molecule has 7 N–H and O–H groups in total. The summed E-state index contributed by atoms with van der Waals surface area (Å²) in [5, 5.41) is 27.0. The zero-order valence-electron chi connectivity index (χ0n) is 8.25. The number of halogens is 4. The third-order valence-electron chi connectivity index (χ3n) is 1.93. The third kappa shape index (κ3) is 7.70. The van der Waals surface area contributed by atoms with Gasteiger partial charge >= 0.3 is 21.1 Å². The number of aliphatic hydroxyl groups excluding tert-OH is 3. The van der Waals surface area contributed by atoms with E-state index in [1.54, 1.807) is 0 Å². The van der Waals surface area contributed by atoms with Crippen molar-refractivity contribution in [2.45, 2.75) is 24.3 Å². The Balaban J connectivity index is -0.0000000960. The van der Waals surface area contributed by atoms with Crippen molar-refractivity contribution in [3.63, 3.8) is 0 Å². The Bertz CT molecular complexity index is 170. The van der Waals surface area contributed by atoms with E-state index in [0.29, 0.717) is 0 Å². The van der Waals surface area contributed by atoms with Gasteiger partial charge in [0.25, 0.3) is 0 Å². The summed E-state index contributed by atoms with van der Waals surface area (Å²) in [5.41, 5.74) is 10.8. The van der Waals surface area contributed by atoms with Crippen molar-refractivity contribution in [3.05, 3.63) is 6.29 Å². The van der Waals surface area contributed by atoms with Crippen LogP contribution in [0.3, 0.4) is 0 Å². The number of rotatable bonds is 1. The van der Waals surface area contributed by atoms with Crippen LogP contribution < -0.4 is 61.1 Å². The van der Waals surface area contributed by atoms with Crippen molar-refractivity contribution < 1.29 is 90.7 Å². The summed E-state index contributed by atoms with van der Waals surface area (Å²) < 4.78 is 4.70. The summed E-state index contributed by atoms with van der Waals surface area (Å²) in [4.78, 5) is 0. The maximum atomic E-state index is 9.31. The summed E-state index contributed by atoms with van der Waals surface area (Å²) in [5.74, 6) is 0. The van der Waals surface area contributed by atoms with Gasteiger partial charge in [-0.2, -0.15) is 0 Å². The standard InChI is InChI=1S/C6H13N2O4.4ClH.Pt/c7-3-4(8)6(11)12-2(1-9)5(3)10;;;;;/h2-5,9-11H,1,7-8H2;4*1H;/q-1;;;;;+4/p-4/t2-,3-,4-,5-;;;;;/m1...../s1. The zero-order valence-corrected chi connectivity index (χ0v) is 13.5. The SMILES string of the molecule is N[C@H]1[C@H](O)[C@@H](CO)O[C-](O)[C@@H]1N.[Cl-].[Cl-].[Cl-].[Cl-].[Pt+4]. The normalized spacial score (nSPS) is 31.6. The van der Waals surface area contributed by atoms with Gasteiger partial charge in [0.05, 0.1) is 18.8 Å². The predicted molar refractivity (Wildman–Crippen MR) is 39.1 cm³/mol. The molecule has 0 aromatic rings. The van der Waals surface area contributed by atoms with E-state index in [9.17, 15) is 5.11 Å². The average molecular weight is 514 g/mol. The van der Waals surface area contributed by atoms with Crippen molar-refractivity contribution >= 4 is 0 Å². The molecule has 17 heavy (non-hydrogen) atoms. The van der Waals surface area contributed by atoms with Crippen LogP contribution >= 0.6 is 0 Å². The Kier molecular flexibility index (Phi) is 25.7. The fraction of sp³-hybridized carbons (Fsp3) is 0.833. The Morgan fingerprint density at radius 1 is 1.12 bits per heavy atom. The minimum Gasteiger partial charge on any atom is -1.00 e. The first kappa shape index (κ1) is 31.2. The van der Waals surface area contributed by atoms with Crippen molar-refractivity contribution in [1.29, 1.82) is 0 Å². The van der Waals surface area contributed by atoms with E-state index >= 15 is 0 Å². The molecule has 0 aliphatic carbocycles. The number of nitrogens with two attached hydrogens (primary N) is 2. The summed E-state index contributed by atoms with van der Waals surface area (Å²) >= 11 is 0. The molecule has 0 radical (unpaired) electrons. The predicted octanol–water partition coefficient (Wildman–Crippen LogP) is -14.7. The quantitative estimate of drug-likeness (QED) is 0.222. The van der Waals surface area contributed by atoms with E-state index in [0.717, 1.165) is 0 Å². The van der Waals surface area contributed by atoms with Crippen molar-refractivity contribution in [1.82, 2.24) is 0 Å². The second-order valence-corrected chi connectivity index (χ2v) is 2.77. The van der Waals surface area contributed by atoms with Crippen LogP contribution in [0.2, 0.25) is 0 Å². The fourth-order valence-electron chi connectivity index (χ4n) is 1.07. The van der Waals surface area contributed by atoms with Crippen LogP contribution in [0.4, 0.5) is 0 Å². The molecule has 1 rings (SSSR count). The van der Waals surface area contributed by atoms with Crippen LogP contribution in [-0.2, 0) is 25.8 Å². The number of aliphatic hydroxyl groups is 3. The summed E-state index contributed by atoms with van der Waals surface area (Å²) in [6.07, 6.45) is -2.38. The molecule has 0 aromatic carbocycles. The van der Waals surface area contributed by atoms with Gasteiger partial charge in [0.15, 0.2) is 0 Å². The molecule has 0 saturated carbocycles. The zero-order chi connectivity index (χ0) is 9.30. The monoisotopic (exact) mass is 512 g/mol. The van der Waals surface area contributed by atoms with Gasteiger partial charge < -0.3 is 81.2 Å². The maximum absolute atomic E-state index is 9.31. The van der Waals surface area contributed by atoms with E-state index < -0.39 is 37.2 Å². The number of hydrogen-bond donors (Lipinski definition) is 5. The van der Waals surface area contributed by atoms with Crippen molar-refractivity contribution in [3.8, 4) is 0 Å². The maximum Gasteiger partial charge on any atom is 4.00 e. The second-order valence-electron chi connectivity index (χ2n) is 2.77. The van der Waals surface area contributed by atoms with Crippen LogP contribution in [0.25, 0.3) is 0 Å². The Morgan fingerprint density at radius 2 is 1.53 bits per heavy atom. The molecule has 1 aliphatic rings. The van der Waals surface area contributed by atoms with Gasteiger partial charge in [-0.25, -0.2) is 0 Å². The van der Waals surface area contributed by atoms with Gasteiger partial charge in [-0.05, 0) is 0 Å². The van der Waals surface area contributed by atoms with Gasteiger partial charge in [0.1, 0.15) is 0 Å². The molecule has 1 heterocycles. The van der Waals surface area contributed by atoms with Gasteiger partial charge in [-0.15, -0.1) is 0 Å². The molecule has 4 atom stereocenters. The van der Waals surface area contributed by atoms with Crippen LogP contribution in [0, 0.1) is 6.29 Å². The average Bonchev–Trinajstić information content (AvgIpc) is 2.08. The minimum absolute atomic E-state index is 0. The van der Waals surface area contributed by atoms with E-state index in [1.165, 1.54) is 0 Å². The Labute approximate surface area is 139 Å². The van der Waals surface area contributed by atoms with E-state index in [1.807, 2.05) is 0 Å². The topological polar surface area (TPSA) is 122 Å². The first-order valence-corrected chi connectivity index (χ1v) is 3.60. The Morgan fingerprint density at radius 3 is 1.88 bits per heavy atom. The molecule has 11 heteroatoms. The third-order valence-corrected chi connectivity index (χ3v) is 1.93. The fourth-order valence-corrected chi connectivity index (χ4v) is 1.07. The molecule has 0 bridgehead atoms. The van der Waals surface area contributed by atoms with Crippen molar-refractivity contribution in [2.75, 3.05) is 6.61 Å². The molecular weight excluding hydrogens is 501 g/mol. The largest absolute Gasteiger partial charge is 4.00 e. The molecule has 6 nitrogen and oxygen atoms in total. The summed E-state index contributed by atoms with van der Waals surface area (Å²) in [6.45, 7) is -0.411. The van der Waals surface area contributed by atoms with Gasteiger partial charge in [-0.3, -0.25) is 0 Å². The molecule has 0 spiro atoms. The van der Waals surface area contributed by atoms with Crippen LogP contribution in [0.15, 0.2) is 0 Å². The molecule has 0 aromatic heterocycles. The molecule has 1 fully saturated rings. The summed E-state index contributed by atoms with van der Waals surface area (Å²) in [7, 11) is 0. The van der Waals surface area contributed by atoms with Crippen LogP contribution in [0.5, 0.6) is 0 Å². The van der Waals surface area contributed by atoms with E-state index in [-0.39, 0.29) is 70.7 Å². The molecular formula is C6H13Cl4N2O4Pt-. The van der Waals surface area contributed by atoms with Crippen molar-refractivity contribution in [2.24, 2.45) is 11.5 Å². The first-order valence-electron chi connectivity index (χ1n) is 3.60. The van der Waals surface area contributed by atoms with Gasteiger partial charge in [0, 0.05) is 6.04 Å². The van der Waals surface area contributed by atoms with Crippen LogP contribution in [-0.4, -0.2) is 46.2 Å². The van der Waals surface area contributed by atoms with Gasteiger partial charge in [0.2, 0.25) is 0 Å². The smallest absolute Gasteiger partial charge is 1.00 e. The van der Waals surface area contributed by atoms with Crippen LogP contribution in [0.1, 0.15) is 0 Å². The summed E-state index contributed by atoms with van der Waals surface area (Å²) in [6, 6.07) is -1.71. The van der Waals surface area contributed by atoms with Gasteiger partial charge in [-0.1, -0.05) is 12.3 Å². The molecule has 0 unspecified atom stereocenters. The number of ether oxygens (including phenoxy) is 1. The second kappa shape index (κ2) is 14.0. The Hall–Kier alpha value is 1.61. The number of hydrogen-bond acceptors (Lipinski definition) is 6. The van der Waals surface area contributed by atoms with E-state index in [4.69, 9.17) is 26.4 Å². The molecule has 0 amide bonds. The molecule has 110 valence electrons. The molecule has 1 saturated heterocycles. The minimum atomic E-state index is -1.05. The first-order chi connectivity index (χ1) is 5.57.